The number of halogens is 1. The topological polar surface area (TPSA) is 25.8 Å². The highest BCUT2D eigenvalue weighted by atomic mass is 79.9. The first-order chi connectivity index (χ1) is 24.6. The molecule has 2 aromatic heterocycles. The summed E-state index contributed by atoms with van der Waals surface area (Å²) in [5.41, 5.74) is 16.7. The van der Waals surface area contributed by atoms with Crippen molar-refractivity contribution in [1.82, 2.24) is 9.97 Å². The quantitative estimate of drug-likeness (QED) is 0.165. The molecule has 0 aliphatic heterocycles. The summed E-state index contributed by atoms with van der Waals surface area (Å²) in [5.74, 6) is 0. The fourth-order valence-electron chi connectivity index (χ4n) is 6.76. The second kappa shape index (κ2) is 13.9. The Morgan fingerprint density at radius 1 is 0.340 bits per heavy atom. The highest BCUT2D eigenvalue weighted by Crippen LogP contribution is 2.43. The monoisotopic (exact) mass is 704 g/mol. The molecule has 8 rings (SSSR count). The maximum Gasteiger partial charge on any atom is 0.0708 e. The Bertz CT molecular complexity index is 2440. The molecule has 8 aromatic rings. The highest BCUT2D eigenvalue weighted by Gasteiger charge is 2.18. The van der Waals surface area contributed by atoms with Gasteiger partial charge in [-0.3, -0.25) is 9.97 Å². The second-order valence-corrected chi connectivity index (χ2v) is 13.3. The van der Waals surface area contributed by atoms with Crippen LogP contribution in [0.3, 0.4) is 0 Å². The van der Waals surface area contributed by atoms with Gasteiger partial charge in [-0.1, -0.05) is 155 Å². The van der Waals surface area contributed by atoms with Crippen molar-refractivity contribution in [2.24, 2.45) is 0 Å². The molecular formula is C47H33BrN2. The zero-order valence-corrected chi connectivity index (χ0v) is 29.2. The molecule has 0 aliphatic rings. The van der Waals surface area contributed by atoms with Gasteiger partial charge in [0, 0.05) is 39.3 Å². The first-order valence-corrected chi connectivity index (χ1v) is 17.5. The summed E-state index contributed by atoms with van der Waals surface area (Å²) in [6, 6.07) is 60.0. The van der Waals surface area contributed by atoms with Crippen molar-refractivity contribution in [3.63, 3.8) is 0 Å². The Morgan fingerprint density at radius 3 is 1.28 bits per heavy atom. The molecule has 0 spiro atoms. The molecule has 0 bridgehead atoms. The molecule has 3 heteroatoms. The van der Waals surface area contributed by atoms with Gasteiger partial charge in [-0.2, -0.15) is 0 Å². The predicted molar refractivity (Wildman–Crippen MR) is 213 cm³/mol. The molecule has 0 atom stereocenters. The van der Waals surface area contributed by atoms with E-state index in [1.165, 1.54) is 11.1 Å². The van der Waals surface area contributed by atoms with Crippen molar-refractivity contribution in [3.05, 3.63) is 192 Å². The van der Waals surface area contributed by atoms with Crippen LogP contribution < -0.4 is 0 Å². The number of nitrogens with zero attached hydrogens (tertiary/aromatic N) is 2. The molecule has 6 aromatic carbocycles. The van der Waals surface area contributed by atoms with Gasteiger partial charge in [-0.05, 0) is 92.9 Å². The normalized spacial score (nSPS) is 11.0. The van der Waals surface area contributed by atoms with Gasteiger partial charge < -0.3 is 0 Å². The van der Waals surface area contributed by atoms with E-state index in [2.05, 4.69) is 180 Å². The molecule has 2 nitrogen and oxygen atoms in total. The predicted octanol–water partition coefficient (Wildman–Crippen LogP) is 13.2. The highest BCUT2D eigenvalue weighted by molar-refractivity contribution is 9.10. The van der Waals surface area contributed by atoms with Gasteiger partial charge in [0.2, 0.25) is 0 Å². The Labute approximate surface area is 302 Å². The van der Waals surface area contributed by atoms with Gasteiger partial charge in [0.25, 0.3) is 0 Å². The van der Waals surface area contributed by atoms with Crippen molar-refractivity contribution >= 4 is 15.9 Å². The first-order valence-electron chi connectivity index (χ1n) is 16.8. The lowest BCUT2D eigenvalue weighted by atomic mass is 9.87. The number of rotatable bonds is 7. The molecule has 50 heavy (non-hydrogen) atoms. The molecule has 2 heterocycles. The van der Waals surface area contributed by atoms with Crippen LogP contribution in [0.1, 0.15) is 5.69 Å². The summed E-state index contributed by atoms with van der Waals surface area (Å²) >= 11 is 3.89. The molecule has 0 amide bonds. The summed E-state index contributed by atoms with van der Waals surface area (Å²) in [4.78, 5) is 9.75. The Kier molecular flexibility index (Phi) is 8.73. The van der Waals surface area contributed by atoms with Crippen molar-refractivity contribution < 1.29 is 0 Å². The van der Waals surface area contributed by atoms with Gasteiger partial charge in [0.05, 0.1) is 5.69 Å². The summed E-state index contributed by atoms with van der Waals surface area (Å²) in [6.45, 7) is 2.05. The first kappa shape index (κ1) is 31.4. The zero-order valence-electron chi connectivity index (χ0n) is 27.6. The standard InChI is InChI=1S/C47H33BrN2/c1-32-25-43(33-15-5-2-6-16-33)45(30-49-32)41-23-13-11-21-39(41)36-26-37(28-38(48)27-36)40-22-12-14-24-42(40)46-31-50-47(35-19-9-4-10-20-35)29-44(46)34-17-7-3-8-18-34/h2-31H,1H3. The van der Waals surface area contributed by atoms with Crippen LogP contribution in [0, 0.1) is 6.92 Å². The van der Waals surface area contributed by atoms with Crippen molar-refractivity contribution in [2.75, 3.05) is 0 Å². The van der Waals surface area contributed by atoms with Crippen LogP contribution >= 0.6 is 15.9 Å². The molecule has 0 fully saturated rings. The number of aromatic nitrogens is 2. The van der Waals surface area contributed by atoms with Crippen LogP contribution in [0.25, 0.3) is 78.0 Å². The SMILES string of the molecule is Cc1cc(-c2ccccc2)c(-c2ccccc2-c2cc(Br)cc(-c3ccccc3-c3cnc(-c4ccccc4)cc3-c3ccccc3)c2)cn1. The van der Waals surface area contributed by atoms with E-state index < -0.39 is 0 Å². The van der Waals surface area contributed by atoms with Crippen LogP contribution in [0.2, 0.25) is 0 Å². The summed E-state index contributed by atoms with van der Waals surface area (Å²) in [7, 11) is 0. The summed E-state index contributed by atoms with van der Waals surface area (Å²) < 4.78 is 1.01. The third kappa shape index (κ3) is 6.32. The third-order valence-electron chi connectivity index (χ3n) is 9.14. The Morgan fingerprint density at radius 2 is 0.760 bits per heavy atom. The fraction of sp³-hybridized carbons (Fsp3) is 0.0213. The maximum absolute atomic E-state index is 5.00. The molecule has 0 aliphatic carbocycles. The number of aryl methyl sites for hydroxylation is 1. The molecule has 0 N–H and O–H groups in total. The van der Waals surface area contributed by atoms with E-state index in [0.717, 1.165) is 77.1 Å². The minimum atomic E-state index is 0.951. The lowest BCUT2D eigenvalue weighted by Crippen LogP contribution is -1.94. The van der Waals surface area contributed by atoms with Crippen molar-refractivity contribution in [2.45, 2.75) is 6.92 Å². The van der Waals surface area contributed by atoms with Gasteiger partial charge in [-0.15, -0.1) is 0 Å². The maximum atomic E-state index is 5.00. The van der Waals surface area contributed by atoms with E-state index >= 15 is 0 Å². The van der Waals surface area contributed by atoms with Crippen LogP contribution in [0.15, 0.2) is 187 Å². The van der Waals surface area contributed by atoms with E-state index in [4.69, 9.17) is 9.97 Å². The smallest absolute Gasteiger partial charge is 0.0708 e. The molecule has 0 radical (unpaired) electrons. The summed E-state index contributed by atoms with van der Waals surface area (Å²) in [6.07, 6.45) is 4.05. The lowest BCUT2D eigenvalue weighted by Gasteiger charge is -2.18. The van der Waals surface area contributed by atoms with Crippen molar-refractivity contribution in [1.29, 1.82) is 0 Å². The van der Waals surface area contributed by atoms with Gasteiger partial charge in [-0.25, -0.2) is 0 Å². The Hall–Kier alpha value is -5.90. The number of pyridine rings is 2. The third-order valence-corrected chi connectivity index (χ3v) is 9.60. The second-order valence-electron chi connectivity index (χ2n) is 12.4. The Balaban J connectivity index is 1.28. The zero-order chi connectivity index (χ0) is 33.9. The van der Waals surface area contributed by atoms with Gasteiger partial charge >= 0.3 is 0 Å². The molecule has 0 unspecified atom stereocenters. The fourth-order valence-corrected chi connectivity index (χ4v) is 7.26. The van der Waals surface area contributed by atoms with Crippen LogP contribution in [-0.2, 0) is 0 Å². The van der Waals surface area contributed by atoms with Crippen LogP contribution in [-0.4, -0.2) is 9.97 Å². The van der Waals surface area contributed by atoms with Gasteiger partial charge in [0.15, 0.2) is 0 Å². The van der Waals surface area contributed by atoms with Crippen LogP contribution in [0.5, 0.6) is 0 Å². The number of benzene rings is 6. The molecular weight excluding hydrogens is 672 g/mol. The lowest BCUT2D eigenvalue weighted by molar-refractivity contribution is 1.20. The molecule has 0 saturated carbocycles. The minimum Gasteiger partial charge on any atom is -0.261 e. The van der Waals surface area contributed by atoms with E-state index in [0.29, 0.717) is 0 Å². The van der Waals surface area contributed by atoms with E-state index in [1.54, 1.807) is 0 Å². The average Bonchev–Trinajstić information content (AvgIpc) is 3.18. The van der Waals surface area contributed by atoms with Crippen molar-refractivity contribution in [3.8, 4) is 78.0 Å². The molecule has 238 valence electrons. The molecule has 0 saturated heterocycles. The van der Waals surface area contributed by atoms with E-state index in [9.17, 15) is 0 Å². The average molecular weight is 706 g/mol. The van der Waals surface area contributed by atoms with E-state index in [-0.39, 0.29) is 0 Å². The van der Waals surface area contributed by atoms with E-state index in [1.807, 2.05) is 25.4 Å². The summed E-state index contributed by atoms with van der Waals surface area (Å²) in [5, 5.41) is 0. The largest absolute Gasteiger partial charge is 0.261 e. The minimum absolute atomic E-state index is 0.951. The number of hydrogen-bond acceptors (Lipinski definition) is 2. The van der Waals surface area contributed by atoms with Crippen LogP contribution in [0.4, 0.5) is 0 Å². The van der Waals surface area contributed by atoms with Gasteiger partial charge in [0.1, 0.15) is 0 Å². The number of hydrogen-bond donors (Lipinski definition) is 0.